The molecule has 0 spiro atoms. The van der Waals surface area contributed by atoms with Crippen LogP contribution in [0.3, 0.4) is 0 Å². The van der Waals surface area contributed by atoms with E-state index in [1.165, 1.54) is 0 Å². The lowest BCUT2D eigenvalue weighted by Gasteiger charge is -2.06. The summed E-state index contributed by atoms with van der Waals surface area (Å²) in [5, 5.41) is 10.4. The lowest BCUT2D eigenvalue weighted by Crippen LogP contribution is -2.21. The zero-order chi connectivity index (χ0) is 15.4. The Morgan fingerprint density at radius 3 is 2.27 bits per heavy atom. The highest BCUT2D eigenvalue weighted by Crippen LogP contribution is 2.16. The minimum atomic E-state index is -0.326. The lowest BCUT2D eigenvalue weighted by molar-refractivity contribution is 0.989. The molecule has 0 aliphatic rings. The molecule has 1 aromatic heterocycles. The third-order valence-electron chi connectivity index (χ3n) is 3.30. The maximum Gasteiger partial charge on any atom is 0.273 e. The number of nitrogens with two attached hydrogens (primary N) is 1. The van der Waals surface area contributed by atoms with E-state index in [2.05, 4.69) is 15.3 Å². The van der Waals surface area contributed by atoms with Crippen molar-refractivity contribution >= 4 is 5.71 Å². The van der Waals surface area contributed by atoms with Crippen LogP contribution in [0.2, 0.25) is 0 Å². The van der Waals surface area contributed by atoms with Crippen LogP contribution in [0, 0.1) is 0 Å². The Kier molecular flexibility index (Phi) is 3.78. The van der Waals surface area contributed by atoms with Crippen LogP contribution in [0.15, 0.2) is 76.6 Å². The Hall–Kier alpha value is -3.21. The molecule has 5 nitrogen and oxygen atoms in total. The van der Waals surface area contributed by atoms with E-state index in [1.807, 2.05) is 60.7 Å². The summed E-state index contributed by atoms with van der Waals surface area (Å²) in [6, 6.07) is 20.6. The molecule has 3 rings (SSSR count). The fourth-order valence-corrected chi connectivity index (χ4v) is 2.23. The second-order valence-electron chi connectivity index (χ2n) is 4.71. The number of nitrogens with one attached hydrogen (secondary N) is 1. The van der Waals surface area contributed by atoms with Gasteiger partial charge in [0.15, 0.2) is 0 Å². The van der Waals surface area contributed by atoms with Gasteiger partial charge in [-0.05, 0) is 6.07 Å². The van der Waals surface area contributed by atoms with Gasteiger partial charge in [-0.25, -0.2) is 5.10 Å². The first-order valence-corrected chi connectivity index (χ1v) is 6.78. The van der Waals surface area contributed by atoms with Gasteiger partial charge < -0.3 is 5.84 Å². The Balaban J connectivity index is 2.13. The van der Waals surface area contributed by atoms with Gasteiger partial charge in [-0.1, -0.05) is 60.7 Å². The third-order valence-corrected chi connectivity index (χ3v) is 3.30. The predicted octanol–water partition coefficient (Wildman–Crippen LogP) is 2.15. The van der Waals surface area contributed by atoms with Crippen LogP contribution in [-0.2, 0) is 0 Å². The van der Waals surface area contributed by atoms with Gasteiger partial charge in [0.2, 0.25) is 0 Å². The zero-order valence-electron chi connectivity index (χ0n) is 11.7. The molecule has 0 saturated heterocycles. The smallest absolute Gasteiger partial charge is 0.273 e. The molecule has 0 unspecified atom stereocenters. The van der Waals surface area contributed by atoms with Crippen molar-refractivity contribution in [3.8, 4) is 11.3 Å². The molecular formula is C17H14N4O. The van der Waals surface area contributed by atoms with Crippen molar-refractivity contribution in [3.63, 3.8) is 0 Å². The highest BCUT2D eigenvalue weighted by molar-refractivity contribution is 6.12. The van der Waals surface area contributed by atoms with Crippen molar-refractivity contribution in [3.05, 3.63) is 88.2 Å². The fraction of sp³-hybridized carbons (Fsp3) is 0. The number of H-pyrrole nitrogens is 1. The van der Waals surface area contributed by atoms with Crippen LogP contribution in [0.4, 0.5) is 0 Å². The summed E-state index contributed by atoms with van der Waals surface area (Å²) < 4.78 is 0. The first-order chi connectivity index (χ1) is 10.8. The molecule has 22 heavy (non-hydrogen) atoms. The molecule has 5 heteroatoms. The minimum absolute atomic E-state index is 0.326. The number of nitrogens with zero attached hydrogens (tertiary/aromatic N) is 2. The van der Waals surface area contributed by atoms with Crippen molar-refractivity contribution in [2.45, 2.75) is 0 Å². The first kappa shape index (κ1) is 13.8. The highest BCUT2D eigenvalue weighted by Gasteiger charge is 2.13. The Bertz CT molecular complexity index is 855. The third kappa shape index (κ3) is 2.64. The van der Waals surface area contributed by atoms with Gasteiger partial charge >= 0.3 is 0 Å². The van der Waals surface area contributed by atoms with E-state index >= 15 is 0 Å². The molecule has 1 heterocycles. The molecule has 0 atom stereocenters. The molecule has 108 valence electrons. The maximum absolute atomic E-state index is 12.1. The van der Waals surface area contributed by atoms with Crippen LogP contribution >= 0.6 is 0 Å². The van der Waals surface area contributed by atoms with Crippen LogP contribution in [0.5, 0.6) is 0 Å². The molecule has 2 aromatic carbocycles. The van der Waals surface area contributed by atoms with Crippen molar-refractivity contribution in [2.24, 2.45) is 10.9 Å². The molecule has 0 bridgehead atoms. The summed E-state index contributed by atoms with van der Waals surface area (Å²) in [5.41, 5.74) is 2.84. The van der Waals surface area contributed by atoms with Gasteiger partial charge in [0.1, 0.15) is 5.71 Å². The zero-order valence-corrected chi connectivity index (χ0v) is 11.7. The number of rotatable bonds is 3. The standard InChI is InChI=1S/C17H14N4O/c18-19-16(13-9-5-2-6-10-13)14-11-15(20-21-17(14)22)12-7-3-1-4-8-12/h1-11H,18H2,(H,21,22). The normalized spacial score (nSPS) is 11.4. The van der Waals surface area contributed by atoms with Crippen LogP contribution in [-0.4, -0.2) is 15.9 Å². The van der Waals surface area contributed by atoms with E-state index in [9.17, 15) is 4.79 Å². The van der Waals surface area contributed by atoms with Gasteiger partial charge in [0.05, 0.1) is 11.3 Å². The number of hydrazone groups is 1. The second kappa shape index (κ2) is 6.05. The van der Waals surface area contributed by atoms with Crippen molar-refractivity contribution in [1.82, 2.24) is 10.2 Å². The predicted molar refractivity (Wildman–Crippen MR) is 86.6 cm³/mol. The molecular weight excluding hydrogens is 276 g/mol. The lowest BCUT2D eigenvalue weighted by atomic mass is 10.0. The second-order valence-corrected chi connectivity index (χ2v) is 4.71. The van der Waals surface area contributed by atoms with Crippen molar-refractivity contribution in [1.29, 1.82) is 0 Å². The van der Waals surface area contributed by atoms with Gasteiger partial charge in [0.25, 0.3) is 5.56 Å². The molecule has 0 saturated carbocycles. The van der Waals surface area contributed by atoms with E-state index in [-0.39, 0.29) is 5.56 Å². The summed E-state index contributed by atoms with van der Waals surface area (Å²) in [6.45, 7) is 0. The van der Waals surface area contributed by atoms with E-state index in [0.717, 1.165) is 11.1 Å². The molecule has 3 aromatic rings. The van der Waals surface area contributed by atoms with E-state index in [1.54, 1.807) is 6.07 Å². The minimum Gasteiger partial charge on any atom is -0.323 e. The van der Waals surface area contributed by atoms with Crippen LogP contribution < -0.4 is 11.4 Å². The molecule has 0 amide bonds. The van der Waals surface area contributed by atoms with Gasteiger partial charge in [-0.3, -0.25) is 4.79 Å². The number of hydrogen-bond acceptors (Lipinski definition) is 4. The first-order valence-electron chi connectivity index (χ1n) is 6.78. The Morgan fingerprint density at radius 2 is 1.64 bits per heavy atom. The number of hydrogen-bond donors (Lipinski definition) is 2. The van der Waals surface area contributed by atoms with E-state index in [0.29, 0.717) is 17.0 Å². The Labute approximate surface area is 127 Å². The number of aromatic amines is 1. The van der Waals surface area contributed by atoms with Crippen molar-refractivity contribution < 1.29 is 0 Å². The average molecular weight is 290 g/mol. The number of aromatic nitrogens is 2. The van der Waals surface area contributed by atoms with Gasteiger partial charge in [0, 0.05) is 11.1 Å². The van der Waals surface area contributed by atoms with Crippen LogP contribution in [0.25, 0.3) is 11.3 Å². The fourth-order valence-electron chi connectivity index (χ4n) is 2.23. The maximum atomic E-state index is 12.1. The molecule has 0 fully saturated rings. The Morgan fingerprint density at radius 1 is 1.00 bits per heavy atom. The summed E-state index contributed by atoms with van der Waals surface area (Å²) in [5.74, 6) is 5.51. The topological polar surface area (TPSA) is 84.1 Å². The highest BCUT2D eigenvalue weighted by atomic mass is 16.1. The molecule has 0 radical (unpaired) electrons. The average Bonchev–Trinajstić information content (AvgIpc) is 2.59. The molecule has 0 aliphatic carbocycles. The summed E-state index contributed by atoms with van der Waals surface area (Å²) >= 11 is 0. The SMILES string of the molecule is NN=C(c1ccccc1)c1cc(-c2ccccc2)n[nH]c1=O. The summed E-state index contributed by atoms with van der Waals surface area (Å²) in [6.07, 6.45) is 0. The largest absolute Gasteiger partial charge is 0.323 e. The summed E-state index contributed by atoms with van der Waals surface area (Å²) in [7, 11) is 0. The van der Waals surface area contributed by atoms with Crippen molar-refractivity contribution in [2.75, 3.05) is 0 Å². The monoisotopic (exact) mass is 290 g/mol. The molecule has 3 N–H and O–H groups in total. The molecule has 0 aliphatic heterocycles. The van der Waals surface area contributed by atoms with Crippen LogP contribution in [0.1, 0.15) is 11.1 Å². The van der Waals surface area contributed by atoms with E-state index < -0.39 is 0 Å². The van der Waals surface area contributed by atoms with Gasteiger partial charge in [-0.15, -0.1) is 0 Å². The van der Waals surface area contributed by atoms with E-state index in [4.69, 9.17) is 5.84 Å². The quantitative estimate of drug-likeness (QED) is 0.440. The van der Waals surface area contributed by atoms with Gasteiger partial charge in [-0.2, -0.15) is 10.2 Å². The summed E-state index contributed by atoms with van der Waals surface area (Å²) in [4.78, 5) is 12.1. The number of benzene rings is 2.